The second-order valence-corrected chi connectivity index (χ2v) is 5.33. The summed E-state index contributed by atoms with van der Waals surface area (Å²) < 4.78 is 5.18. The van der Waals surface area contributed by atoms with E-state index in [1.807, 2.05) is 6.92 Å². The number of amides is 2. The fourth-order valence-electron chi connectivity index (χ4n) is 2.13. The Bertz CT molecular complexity index is 499. The van der Waals surface area contributed by atoms with E-state index < -0.39 is 6.10 Å². The minimum atomic E-state index is -0.658. The molecule has 0 saturated carbocycles. The summed E-state index contributed by atoms with van der Waals surface area (Å²) >= 11 is 11.7. The lowest BCUT2D eigenvalue weighted by Crippen LogP contribution is -2.48. The Morgan fingerprint density at radius 3 is 2.75 bits per heavy atom. The van der Waals surface area contributed by atoms with Gasteiger partial charge in [0.1, 0.15) is 0 Å². The second kappa shape index (κ2) is 6.63. The van der Waals surface area contributed by atoms with Crippen molar-refractivity contribution in [3.05, 3.63) is 28.2 Å². The molecule has 7 heteroatoms. The third-order valence-electron chi connectivity index (χ3n) is 3.19. The third-order valence-corrected chi connectivity index (χ3v) is 3.93. The lowest BCUT2D eigenvalue weighted by molar-refractivity contribution is 0.1000. The largest absolute Gasteiger partial charge is 0.388 e. The van der Waals surface area contributed by atoms with Crippen molar-refractivity contribution in [2.24, 2.45) is 0 Å². The van der Waals surface area contributed by atoms with Gasteiger partial charge in [-0.2, -0.15) is 0 Å². The molecule has 20 heavy (non-hydrogen) atoms. The molecule has 2 atom stereocenters. The molecule has 0 bridgehead atoms. The monoisotopic (exact) mass is 318 g/mol. The van der Waals surface area contributed by atoms with Gasteiger partial charge in [0.05, 0.1) is 35.4 Å². The molecule has 0 aromatic heterocycles. The Morgan fingerprint density at radius 2 is 2.20 bits per heavy atom. The Hall–Kier alpha value is -1.01. The van der Waals surface area contributed by atoms with Gasteiger partial charge in [0.25, 0.3) is 0 Å². The van der Waals surface area contributed by atoms with E-state index in [-0.39, 0.29) is 18.7 Å². The molecule has 2 rings (SSSR count). The van der Waals surface area contributed by atoms with E-state index in [4.69, 9.17) is 27.9 Å². The maximum Gasteiger partial charge on any atom is 0.322 e. The van der Waals surface area contributed by atoms with E-state index >= 15 is 0 Å². The summed E-state index contributed by atoms with van der Waals surface area (Å²) in [4.78, 5) is 13.8. The van der Waals surface area contributed by atoms with Crippen molar-refractivity contribution in [2.45, 2.75) is 19.1 Å². The molecule has 5 nitrogen and oxygen atoms in total. The number of anilines is 1. The predicted molar refractivity (Wildman–Crippen MR) is 78.5 cm³/mol. The van der Waals surface area contributed by atoms with Crippen molar-refractivity contribution in [3.63, 3.8) is 0 Å². The molecule has 0 unspecified atom stereocenters. The van der Waals surface area contributed by atoms with Crippen LogP contribution in [0, 0.1) is 0 Å². The lowest BCUT2D eigenvalue weighted by atomic mass is 10.2. The molecular formula is C13H16Cl2N2O3. The van der Waals surface area contributed by atoms with Crippen LogP contribution >= 0.6 is 23.2 Å². The summed E-state index contributed by atoms with van der Waals surface area (Å²) in [6.45, 7) is 2.91. The number of carbonyl (C=O) groups excluding carboxylic acids is 1. The van der Waals surface area contributed by atoms with Crippen molar-refractivity contribution < 1.29 is 14.6 Å². The molecule has 1 aromatic rings. The minimum Gasteiger partial charge on any atom is -0.388 e. The first-order valence-electron chi connectivity index (χ1n) is 6.31. The Kier molecular flexibility index (Phi) is 5.10. The number of hydrogen-bond acceptors (Lipinski definition) is 3. The van der Waals surface area contributed by atoms with Crippen LogP contribution in [0.4, 0.5) is 10.5 Å². The average molecular weight is 319 g/mol. The normalized spacial score (nSPS) is 21.8. The van der Waals surface area contributed by atoms with Crippen molar-refractivity contribution in [1.82, 2.24) is 4.90 Å². The SMILES string of the molecule is CCN(C(=O)Nc1ccc(Cl)c(Cl)c1)[C@@H]1COC[C@H]1O. The van der Waals surface area contributed by atoms with Gasteiger partial charge in [0.2, 0.25) is 0 Å². The molecule has 1 saturated heterocycles. The fourth-order valence-corrected chi connectivity index (χ4v) is 2.43. The molecule has 2 N–H and O–H groups in total. The first-order valence-corrected chi connectivity index (χ1v) is 7.07. The number of likely N-dealkylation sites (N-methyl/N-ethyl adjacent to an activating group) is 1. The zero-order valence-electron chi connectivity index (χ0n) is 11.0. The van der Waals surface area contributed by atoms with Crippen LogP contribution in [-0.2, 0) is 4.74 Å². The molecular weight excluding hydrogens is 303 g/mol. The van der Waals surface area contributed by atoms with Gasteiger partial charge < -0.3 is 20.1 Å². The number of rotatable bonds is 3. The number of nitrogens with zero attached hydrogens (tertiary/aromatic N) is 1. The van der Waals surface area contributed by atoms with Gasteiger partial charge >= 0.3 is 6.03 Å². The van der Waals surface area contributed by atoms with Crippen LogP contribution < -0.4 is 5.32 Å². The zero-order chi connectivity index (χ0) is 14.7. The van der Waals surface area contributed by atoms with Crippen molar-refractivity contribution in [1.29, 1.82) is 0 Å². The molecule has 1 aliphatic rings. The molecule has 1 aliphatic heterocycles. The predicted octanol–water partition coefficient (Wildman–Crippen LogP) is 2.61. The minimum absolute atomic E-state index is 0.251. The van der Waals surface area contributed by atoms with E-state index in [0.717, 1.165) is 0 Å². The summed E-state index contributed by atoms with van der Waals surface area (Å²) in [6, 6.07) is 4.23. The quantitative estimate of drug-likeness (QED) is 0.900. The van der Waals surface area contributed by atoms with E-state index in [9.17, 15) is 9.90 Å². The molecule has 2 amide bonds. The van der Waals surface area contributed by atoms with Gasteiger partial charge in [0.15, 0.2) is 0 Å². The maximum absolute atomic E-state index is 12.2. The number of hydrogen-bond donors (Lipinski definition) is 2. The van der Waals surface area contributed by atoms with E-state index in [1.54, 1.807) is 23.1 Å². The van der Waals surface area contributed by atoms with Gasteiger partial charge in [0, 0.05) is 12.2 Å². The summed E-state index contributed by atoms with van der Waals surface area (Å²) in [7, 11) is 0. The highest BCUT2D eigenvalue weighted by atomic mass is 35.5. The van der Waals surface area contributed by atoms with Crippen LogP contribution in [0.15, 0.2) is 18.2 Å². The number of urea groups is 1. The molecule has 0 radical (unpaired) electrons. The highest BCUT2D eigenvalue weighted by Crippen LogP contribution is 2.25. The first kappa shape index (κ1) is 15.4. The van der Waals surface area contributed by atoms with Gasteiger partial charge in [-0.3, -0.25) is 0 Å². The number of ether oxygens (including phenoxy) is 1. The lowest BCUT2D eigenvalue weighted by Gasteiger charge is -2.28. The summed E-state index contributed by atoms with van der Waals surface area (Å²) in [6.07, 6.45) is -0.658. The molecule has 1 heterocycles. The highest BCUT2D eigenvalue weighted by Gasteiger charge is 2.33. The molecule has 0 spiro atoms. The second-order valence-electron chi connectivity index (χ2n) is 4.52. The standard InChI is InChI=1S/C13H16Cl2N2O3/c1-2-17(11-6-20-7-12(11)18)13(19)16-8-3-4-9(14)10(15)5-8/h3-5,11-12,18H,2,6-7H2,1H3,(H,16,19)/t11-,12-/m1/s1. The molecule has 0 aliphatic carbocycles. The van der Waals surface area contributed by atoms with Crippen molar-refractivity contribution in [2.75, 3.05) is 25.1 Å². The smallest absolute Gasteiger partial charge is 0.322 e. The maximum atomic E-state index is 12.2. The van der Waals surface area contributed by atoms with Gasteiger partial charge in [-0.1, -0.05) is 23.2 Å². The molecule has 1 fully saturated rings. The average Bonchev–Trinajstić information content (AvgIpc) is 2.81. The van der Waals surface area contributed by atoms with Crippen LogP contribution in [-0.4, -0.2) is 47.9 Å². The van der Waals surface area contributed by atoms with Crippen molar-refractivity contribution in [3.8, 4) is 0 Å². The highest BCUT2D eigenvalue weighted by molar-refractivity contribution is 6.42. The van der Waals surface area contributed by atoms with E-state index in [2.05, 4.69) is 5.32 Å². The van der Waals surface area contributed by atoms with Gasteiger partial charge in [-0.15, -0.1) is 0 Å². The molecule has 1 aromatic carbocycles. The summed E-state index contributed by atoms with van der Waals surface area (Å²) in [5, 5.41) is 13.3. The summed E-state index contributed by atoms with van der Waals surface area (Å²) in [5.74, 6) is 0. The van der Waals surface area contributed by atoms with Crippen LogP contribution in [0.25, 0.3) is 0 Å². The Labute approximate surface area is 127 Å². The number of halogens is 2. The third kappa shape index (κ3) is 3.35. The first-order chi connectivity index (χ1) is 9.52. The topological polar surface area (TPSA) is 61.8 Å². The number of aliphatic hydroxyl groups excluding tert-OH is 1. The Balaban J connectivity index is 2.07. The number of aliphatic hydroxyl groups is 1. The van der Waals surface area contributed by atoms with Crippen LogP contribution in [0.2, 0.25) is 10.0 Å². The van der Waals surface area contributed by atoms with Crippen molar-refractivity contribution >= 4 is 34.9 Å². The van der Waals surface area contributed by atoms with Gasteiger partial charge in [-0.05, 0) is 25.1 Å². The van der Waals surface area contributed by atoms with Gasteiger partial charge in [-0.25, -0.2) is 4.79 Å². The zero-order valence-corrected chi connectivity index (χ0v) is 12.5. The number of carbonyl (C=O) groups is 1. The van der Waals surface area contributed by atoms with Crippen LogP contribution in [0.3, 0.4) is 0 Å². The summed E-state index contributed by atoms with van der Waals surface area (Å²) in [5.41, 5.74) is 0.552. The fraction of sp³-hybridized carbons (Fsp3) is 0.462. The van der Waals surface area contributed by atoms with E-state index in [1.165, 1.54) is 0 Å². The van der Waals surface area contributed by atoms with E-state index in [0.29, 0.717) is 28.9 Å². The molecule has 110 valence electrons. The number of nitrogens with one attached hydrogen (secondary N) is 1. The Morgan fingerprint density at radius 1 is 1.45 bits per heavy atom. The number of benzene rings is 1. The van der Waals surface area contributed by atoms with Crippen LogP contribution in [0.1, 0.15) is 6.92 Å². The van der Waals surface area contributed by atoms with Crippen LogP contribution in [0.5, 0.6) is 0 Å².